The van der Waals surface area contributed by atoms with E-state index in [9.17, 15) is 0 Å². The van der Waals surface area contributed by atoms with Crippen LogP contribution in [-0.2, 0) is 6.42 Å². The Morgan fingerprint density at radius 3 is 2.53 bits per heavy atom. The van der Waals surface area contributed by atoms with E-state index in [2.05, 4.69) is 35.2 Å². The molecule has 0 aliphatic carbocycles. The number of aryl methyl sites for hydroxylation is 2. The van der Waals surface area contributed by atoms with E-state index >= 15 is 0 Å². The zero-order valence-electron chi connectivity index (χ0n) is 10.2. The van der Waals surface area contributed by atoms with Gasteiger partial charge in [-0.1, -0.05) is 13.8 Å². The minimum Gasteiger partial charge on any atom is -0.314 e. The van der Waals surface area contributed by atoms with E-state index in [0.717, 1.165) is 36.6 Å². The van der Waals surface area contributed by atoms with Crippen LogP contribution in [-0.4, -0.2) is 22.6 Å². The van der Waals surface area contributed by atoms with Crippen LogP contribution in [0.25, 0.3) is 0 Å². The first-order valence-electron chi connectivity index (χ1n) is 5.70. The Balaban J connectivity index is 2.69. The summed E-state index contributed by atoms with van der Waals surface area (Å²) >= 11 is 0. The fraction of sp³-hybridized carbons (Fsp3) is 0.667. The van der Waals surface area contributed by atoms with Crippen LogP contribution in [0.2, 0.25) is 0 Å². The molecular weight excluding hydrogens is 186 g/mol. The molecule has 1 aromatic rings. The molecule has 0 aromatic carbocycles. The second-order valence-corrected chi connectivity index (χ2v) is 3.91. The smallest absolute Gasteiger partial charge is 0.125 e. The van der Waals surface area contributed by atoms with Crippen LogP contribution in [0.4, 0.5) is 0 Å². The van der Waals surface area contributed by atoms with Crippen molar-refractivity contribution in [3.63, 3.8) is 0 Å². The fourth-order valence-corrected chi connectivity index (χ4v) is 1.80. The van der Waals surface area contributed by atoms with Crippen molar-refractivity contribution in [3.8, 4) is 0 Å². The first-order valence-corrected chi connectivity index (χ1v) is 5.70. The molecule has 0 fully saturated rings. The Morgan fingerprint density at radius 1 is 1.27 bits per heavy atom. The molecule has 15 heavy (non-hydrogen) atoms. The van der Waals surface area contributed by atoms with Crippen LogP contribution >= 0.6 is 0 Å². The van der Waals surface area contributed by atoms with Gasteiger partial charge in [0.1, 0.15) is 5.82 Å². The fourth-order valence-electron chi connectivity index (χ4n) is 1.80. The lowest BCUT2D eigenvalue weighted by atomic mass is 10.1. The third kappa shape index (κ3) is 3.96. The zero-order valence-corrected chi connectivity index (χ0v) is 10.2. The van der Waals surface area contributed by atoms with Crippen molar-refractivity contribution in [2.45, 2.75) is 46.6 Å². The summed E-state index contributed by atoms with van der Waals surface area (Å²) in [5.41, 5.74) is 2.21. The Labute approximate surface area is 92.3 Å². The monoisotopic (exact) mass is 207 g/mol. The Morgan fingerprint density at radius 2 is 2.00 bits per heavy atom. The number of nitrogens with one attached hydrogen (secondary N) is 1. The maximum atomic E-state index is 4.45. The second kappa shape index (κ2) is 5.81. The van der Waals surface area contributed by atoms with Crippen LogP contribution in [0, 0.1) is 13.8 Å². The standard InChI is InChI=1S/C12H21N3/c1-5-11(13-6-2)8-12-7-9(3)14-10(4)15-12/h7,11,13H,5-6,8H2,1-4H3. The van der Waals surface area contributed by atoms with E-state index in [1.807, 2.05) is 13.8 Å². The number of nitrogens with zero attached hydrogens (tertiary/aromatic N) is 2. The number of rotatable bonds is 5. The van der Waals surface area contributed by atoms with Gasteiger partial charge >= 0.3 is 0 Å². The van der Waals surface area contributed by atoms with Gasteiger partial charge in [0.2, 0.25) is 0 Å². The lowest BCUT2D eigenvalue weighted by Crippen LogP contribution is -2.30. The average molecular weight is 207 g/mol. The summed E-state index contributed by atoms with van der Waals surface area (Å²) in [6.07, 6.45) is 2.13. The number of hydrogen-bond donors (Lipinski definition) is 1. The first-order chi connectivity index (χ1) is 7.15. The largest absolute Gasteiger partial charge is 0.314 e. The third-order valence-electron chi connectivity index (χ3n) is 2.46. The van der Waals surface area contributed by atoms with E-state index in [1.54, 1.807) is 0 Å². The minimum absolute atomic E-state index is 0.531. The van der Waals surface area contributed by atoms with Crippen molar-refractivity contribution >= 4 is 0 Å². The molecule has 1 rings (SSSR count). The van der Waals surface area contributed by atoms with E-state index in [1.165, 1.54) is 0 Å². The van der Waals surface area contributed by atoms with Crippen molar-refractivity contribution in [1.29, 1.82) is 0 Å². The molecule has 0 aliphatic heterocycles. The number of likely N-dealkylation sites (N-methyl/N-ethyl adjacent to an activating group) is 1. The van der Waals surface area contributed by atoms with Crippen LogP contribution in [0.1, 0.15) is 37.5 Å². The number of hydrogen-bond acceptors (Lipinski definition) is 3. The van der Waals surface area contributed by atoms with Crippen LogP contribution in [0.15, 0.2) is 6.07 Å². The molecule has 1 unspecified atom stereocenters. The maximum Gasteiger partial charge on any atom is 0.125 e. The lowest BCUT2D eigenvalue weighted by molar-refractivity contribution is 0.504. The Bertz CT molecular complexity index is 289. The molecule has 1 heterocycles. The molecule has 1 N–H and O–H groups in total. The molecule has 0 saturated heterocycles. The molecule has 0 amide bonds. The van der Waals surface area contributed by atoms with Crippen LogP contribution < -0.4 is 5.32 Å². The van der Waals surface area contributed by atoms with E-state index in [4.69, 9.17) is 0 Å². The van der Waals surface area contributed by atoms with Crippen molar-refractivity contribution in [2.75, 3.05) is 6.54 Å². The van der Waals surface area contributed by atoms with Crippen molar-refractivity contribution < 1.29 is 0 Å². The first kappa shape index (κ1) is 12.1. The van der Waals surface area contributed by atoms with E-state index in [0.29, 0.717) is 6.04 Å². The summed E-state index contributed by atoms with van der Waals surface area (Å²) in [7, 11) is 0. The zero-order chi connectivity index (χ0) is 11.3. The summed E-state index contributed by atoms with van der Waals surface area (Å²) < 4.78 is 0. The molecule has 0 aliphatic rings. The predicted molar refractivity (Wildman–Crippen MR) is 63.0 cm³/mol. The Hall–Kier alpha value is -0.960. The highest BCUT2D eigenvalue weighted by Crippen LogP contribution is 2.05. The van der Waals surface area contributed by atoms with Gasteiger partial charge < -0.3 is 5.32 Å². The van der Waals surface area contributed by atoms with Crippen molar-refractivity contribution in [3.05, 3.63) is 23.3 Å². The molecule has 0 bridgehead atoms. The highest BCUT2D eigenvalue weighted by Gasteiger charge is 2.07. The predicted octanol–water partition coefficient (Wildman–Crippen LogP) is 2.02. The van der Waals surface area contributed by atoms with Gasteiger partial charge in [0.15, 0.2) is 0 Å². The molecule has 0 saturated carbocycles. The summed E-state index contributed by atoms with van der Waals surface area (Å²) in [6.45, 7) is 9.33. The molecule has 1 atom stereocenters. The van der Waals surface area contributed by atoms with Gasteiger partial charge in [-0.05, 0) is 32.9 Å². The molecule has 3 nitrogen and oxygen atoms in total. The van der Waals surface area contributed by atoms with Gasteiger partial charge in [0, 0.05) is 23.9 Å². The topological polar surface area (TPSA) is 37.8 Å². The molecule has 84 valence electrons. The van der Waals surface area contributed by atoms with Gasteiger partial charge in [-0.2, -0.15) is 0 Å². The summed E-state index contributed by atoms with van der Waals surface area (Å²) in [5, 5.41) is 3.46. The van der Waals surface area contributed by atoms with Gasteiger partial charge in [-0.3, -0.25) is 0 Å². The normalized spacial score (nSPS) is 12.8. The summed E-state index contributed by atoms with van der Waals surface area (Å²) in [6, 6.07) is 2.61. The van der Waals surface area contributed by atoms with Crippen LogP contribution in [0.3, 0.4) is 0 Å². The quantitative estimate of drug-likeness (QED) is 0.802. The van der Waals surface area contributed by atoms with E-state index in [-0.39, 0.29) is 0 Å². The molecular formula is C12H21N3. The molecule has 1 aromatic heterocycles. The maximum absolute atomic E-state index is 4.45. The van der Waals surface area contributed by atoms with Crippen LogP contribution in [0.5, 0.6) is 0 Å². The summed E-state index contributed by atoms with van der Waals surface area (Å²) in [5.74, 6) is 0.872. The lowest BCUT2D eigenvalue weighted by Gasteiger charge is -2.15. The Kier molecular flexibility index (Phi) is 4.69. The third-order valence-corrected chi connectivity index (χ3v) is 2.46. The van der Waals surface area contributed by atoms with Gasteiger partial charge in [-0.25, -0.2) is 9.97 Å². The molecule has 3 heteroatoms. The molecule has 0 spiro atoms. The summed E-state index contributed by atoms with van der Waals surface area (Å²) in [4.78, 5) is 8.73. The highest BCUT2D eigenvalue weighted by molar-refractivity contribution is 5.10. The highest BCUT2D eigenvalue weighted by atomic mass is 14.9. The van der Waals surface area contributed by atoms with Gasteiger partial charge in [0.05, 0.1) is 0 Å². The molecule has 0 radical (unpaired) electrons. The van der Waals surface area contributed by atoms with E-state index < -0.39 is 0 Å². The SMILES string of the molecule is CCNC(CC)Cc1cc(C)nc(C)n1. The minimum atomic E-state index is 0.531. The van der Waals surface area contributed by atoms with Gasteiger partial charge in [-0.15, -0.1) is 0 Å². The van der Waals surface area contributed by atoms with Crippen molar-refractivity contribution in [2.24, 2.45) is 0 Å². The van der Waals surface area contributed by atoms with Crippen molar-refractivity contribution in [1.82, 2.24) is 15.3 Å². The second-order valence-electron chi connectivity index (χ2n) is 3.91. The number of aromatic nitrogens is 2. The van der Waals surface area contributed by atoms with Gasteiger partial charge in [0.25, 0.3) is 0 Å². The average Bonchev–Trinajstić information content (AvgIpc) is 2.15.